The van der Waals surface area contributed by atoms with Gasteiger partial charge in [0.15, 0.2) is 0 Å². The minimum atomic E-state index is -1.57. The van der Waals surface area contributed by atoms with E-state index in [1.54, 1.807) is 0 Å². The molecule has 0 saturated heterocycles. The Morgan fingerprint density at radius 1 is 1.38 bits per heavy atom. The first-order valence-electron chi connectivity index (χ1n) is 4.82. The van der Waals surface area contributed by atoms with Crippen LogP contribution in [0.25, 0.3) is 0 Å². The Morgan fingerprint density at radius 2 is 2.06 bits per heavy atom. The first-order chi connectivity index (χ1) is 7.58. The molecular weight excluding hydrogens is 231 g/mol. The van der Waals surface area contributed by atoms with Crippen LogP contribution in [0.2, 0.25) is 0 Å². The minimum absolute atomic E-state index is 0.120. The van der Waals surface area contributed by atoms with Gasteiger partial charge in [0.2, 0.25) is 0 Å². The van der Waals surface area contributed by atoms with E-state index in [0.29, 0.717) is 10.1 Å². The molecule has 0 atom stereocenters. The van der Waals surface area contributed by atoms with Crippen LogP contribution >= 0.6 is 11.8 Å². The first-order valence-corrected chi connectivity index (χ1v) is 5.69. The van der Waals surface area contributed by atoms with Gasteiger partial charge in [-0.05, 0) is 31.0 Å². The number of halogens is 1. The summed E-state index contributed by atoms with van der Waals surface area (Å²) >= 11 is 1.43. The zero-order valence-corrected chi connectivity index (χ0v) is 9.09. The summed E-state index contributed by atoms with van der Waals surface area (Å²) in [5.41, 5.74) is -0.120. The number of benzene rings is 1. The fraction of sp³-hybridized carbons (Fsp3) is 0.273. The standard InChI is InChI=1S/C11H9FO3S/c12-8-5-6(10(13)11(14)15)1-4-9(8)16-7-2-3-7/h1,4-5,7H,2-3H2,(H,14,15). The van der Waals surface area contributed by atoms with Crippen molar-refractivity contribution in [2.24, 2.45) is 0 Å². The van der Waals surface area contributed by atoms with E-state index in [0.717, 1.165) is 18.9 Å². The van der Waals surface area contributed by atoms with E-state index in [9.17, 15) is 14.0 Å². The Bertz CT molecular complexity index is 455. The number of Topliss-reactive ketones (excluding diaryl/α,β-unsaturated/α-hetero) is 1. The Balaban J connectivity index is 2.20. The molecule has 1 aliphatic carbocycles. The summed E-state index contributed by atoms with van der Waals surface area (Å²) in [7, 11) is 0. The summed E-state index contributed by atoms with van der Waals surface area (Å²) in [6, 6.07) is 3.81. The van der Waals surface area contributed by atoms with Gasteiger partial charge in [-0.2, -0.15) is 0 Å². The van der Waals surface area contributed by atoms with Crippen molar-refractivity contribution in [1.82, 2.24) is 0 Å². The number of ketones is 1. The molecule has 2 rings (SSSR count). The second kappa shape index (κ2) is 4.25. The molecule has 5 heteroatoms. The Kier molecular flexibility index (Phi) is 2.96. The monoisotopic (exact) mass is 240 g/mol. The summed E-state index contributed by atoms with van der Waals surface area (Å²) in [5.74, 6) is -3.17. The molecule has 1 aliphatic rings. The molecule has 0 aromatic heterocycles. The van der Waals surface area contributed by atoms with Crippen LogP contribution in [0.1, 0.15) is 23.2 Å². The van der Waals surface area contributed by atoms with Crippen molar-refractivity contribution < 1.29 is 19.1 Å². The fourth-order valence-corrected chi connectivity index (χ4v) is 2.28. The van der Waals surface area contributed by atoms with Crippen molar-refractivity contribution in [1.29, 1.82) is 0 Å². The number of thioether (sulfide) groups is 1. The predicted octanol–water partition coefficient (Wildman–Crippen LogP) is 2.35. The van der Waals surface area contributed by atoms with Crippen molar-refractivity contribution in [3.8, 4) is 0 Å². The number of carbonyl (C=O) groups excluding carboxylic acids is 1. The summed E-state index contributed by atoms with van der Waals surface area (Å²) in [6.45, 7) is 0. The third kappa shape index (κ3) is 2.41. The van der Waals surface area contributed by atoms with E-state index in [4.69, 9.17) is 5.11 Å². The molecule has 0 bridgehead atoms. The van der Waals surface area contributed by atoms with Crippen LogP contribution in [0.4, 0.5) is 4.39 Å². The number of carboxylic acids is 1. The summed E-state index contributed by atoms with van der Waals surface area (Å²) in [5, 5.41) is 8.94. The van der Waals surface area contributed by atoms with Crippen LogP contribution < -0.4 is 0 Å². The normalized spacial score (nSPS) is 14.8. The number of hydrogen-bond acceptors (Lipinski definition) is 3. The zero-order valence-electron chi connectivity index (χ0n) is 8.27. The van der Waals surface area contributed by atoms with Crippen LogP contribution in [0.5, 0.6) is 0 Å². The molecule has 84 valence electrons. The second-order valence-electron chi connectivity index (χ2n) is 3.60. The van der Waals surface area contributed by atoms with Gasteiger partial charge < -0.3 is 5.11 Å². The highest BCUT2D eigenvalue weighted by Gasteiger charge is 2.24. The highest BCUT2D eigenvalue weighted by atomic mass is 32.2. The van der Waals surface area contributed by atoms with Crippen LogP contribution in [0, 0.1) is 5.82 Å². The van der Waals surface area contributed by atoms with Crippen LogP contribution in [-0.2, 0) is 4.79 Å². The maximum absolute atomic E-state index is 13.5. The second-order valence-corrected chi connectivity index (χ2v) is 4.94. The molecule has 1 aromatic rings. The van der Waals surface area contributed by atoms with Crippen molar-refractivity contribution in [3.05, 3.63) is 29.6 Å². The lowest BCUT2D eigenvalue weighted by Crippen LogP contribution is -2.12. The van der Waals surface area contributed by atoms with Crippen LogP contribution in [0.15, 0.2) is 23.1 Å². The highest BCUT2D eigenvalue weighted by molar-refractivity contribution is 8.00. The number of hydrogen-bond donors (Lipinski definition) is 1. The molecule has 0 radical (unpaired) electrons. The van der Waals surface area contributed by atoms with Crippen molar-refractivity contribution in [2.75, 3.05) is 0 Å². The van der Waals surface area contributed by atoms with Gasteiger partial charge in [0.05, 0.1) is 0 Å². The maximum Gasteiger partial charge on any atom is 0.377 e. The number of carbonyl (C=O) groups is 2. The number of aliphatic carboxylic acids is 1. The predicted molar refractivity (Wildman–Crippen MR) is 57.2 cm³/mol. The van der Waals surface area contributed by atoms with Gasteiger partial charge in [-0.25, -0.2) is 9.18 Å². The van der Waals surface area contributed by atoms with Crippen LogP contribution in [-0.4, -0.2) is 22.1 Å². The molecule has 1 fully saturated rings. The molecule has 0 aliphatic heterocycles. The van der Waals surface area contributed by atoms with Crippen molar-refractivity contribution in [2.45, 2.75) is 23.0 Å². The lowest BCUT2D eigenvalue weighted by atomic mass is 10.1. The lowest BCUT2D eigenvalue weighted by Gasteiger charge is -2.03. The average molecular weight is 240 g/mol. The third-order valence-corrected chi connectivity index (χ3v) is 3.60. The Hall–Kier alpha value is -1.36. The van der Waals surface area contributed by atoms with Gasteiger partial charge in [0.25, 0.3) is 5.78 Å². The smallest absolute Gasteiger partial charge is 0.377 e. The van der Waals surface area contributed by atoms with Gasteiger partial charge in [0.1, 0.15) is 5.82 Å². The molecule has 0 amide bonds. The molecule has 0 spiro atoms. The van der Waals surface area contributed by atoms with Gasteiger partial charge in [-0.1, -0.05) is 0 Å². The van der Waals surface area contributed by atoms with Gasteiger partial charge in [-0.3, -0.25) is 4.79 Å². The van der Waals surface area contributed by atoms with Gasteiger partial charge in [0, 0.05) is 15.7 Å². The summed E-state index contributed by atoms with van der Waals surface area (Å²) in [4.78, 5) is 22.0. The number of rotatable bonds is 4. The highest BCUT2D eigenvalue weighted by Crippen LogP contribution is 2.40. The molecule has 1 aromatic carbocycles. The Morgan fingerprint density at radius 3 is 2.56 bits per heavy atom. The summed E-state index contributed by atoms with van der Waals surface area (Å²) in [6.07, 6.45) is 2.17. The molecule has 1 saturated carbocycles. The zero-order chi connectivity index (χ0) is 11.7. The minimum Gasteiger partial charge on any atom is -0.475 e. The van der Waals surface area contributed by atoms with Crippen molar-refractivity contribution >= 4 is 23.5 Å². The van der Waals surface area contributed by atoms with Crippen molar-refractivity contribution in [3.63, 3.8) is 0 Å². The average Bonchev–Trinajstić information content (AvgIpc) is 3.03. The van der Waals surface area contributed by atoms with E-state index in [2.05, 4.69) is 0 Å². The SMILES string of the molecule is O=C(O)C(=O)c1ccc(SC2CC2)c(F)c1. The third-order valence-electron chi connectivity index (χ3n) is 2.21. The number of carboxylic acid groups (broad SMARTS) is 1. The molecule has 3 nitrogen and oxygen atoms in total. The van der Waals surface area contributed by atoms with E-state index in [1.165, 1.54) is 23.9 Å². The first kappa shape index (κ1) is 11.1. The van der Waals surface area contributed by atoms with E-state index in [-0.39, 0.29) is 5.56 Å². The van der Waals surface area contributed by atoms with Gasteiger partial charge >= 0.3 is 5.97 Å². The topological polar surface area (TPSA) is 54.4 Å². The van der Waals surface area contributed by atoms with E-state index >= 15 is 0 Å². The van der Waals surface area contributed by atoms with E-state index in [1.807, 2.05) is 0 Å². The molecule has 16 heavy (non-hydrogen) atoms. The molecule has 0 heterocycles. The quantitative estimate of drug-likeness (QED) is 0.648. The molecule has 1 N–H and O–H groups in total. The molecular formula is C11H9FO3S. The fourth-order valence-electron chi connectivity index (χ4n) is 1.23. The van der Waals surface area contributed by atoms with Crippen LogP contribution in [0.3, 0.4) is 0 Å². The Labute approximate surface area is 95.7 Å². The summed E-state index contributed by atoms with van der Waals surface area (Å²) < 4.78 is 13.5. The maximum atomic E-state index is 13.5. The largest absolute Gasteiger partial charge is 0.475 e. The lowest BCUT2D eigenvalue weighted by molar-refractivity contribution is -0.131. The van der Waals surface area contributed by atoms with E-state index < -0.39 is 17.6 Å². The van der Waals surface area contributed by atoms with Gasteiger partial charge in [-0.15, -0.1) is 11.8 Å². The molecule has 0 unspecified atom stereocenters.